The summed E-state index contributed by atoms with van der Waals surface area (Å²) in [6.07, 6.45) is 5.43. The van der Waals surface area contributed by atoms with Gasteiger partial charge in [0.05, 0.1) is 18.8 Å². The van der Waals surface area contributed by atoms with E-state index in [9.17, 15) is 5.11 Å². The molecule has 0 spiro atoms. The lowest BCUT2D eigenvalue weighted by Crippen LogP contribution is -2.35. The standard InChI is InChI=1S/C21H23N7O/c29-13-12-27-19(6-9-23-27)17-7-10-26(11-8-17)20-14-18(16-4-2-1-3-5-16)25-21-22-15-24-28(20)21/h1-6,9,14-15,17,29H,7-8,10-13H2. The molecule has 1 N–H and O–H groups in total. The van der Waals surface area contributed by atoms with Crippen LogP contribution in [-0.2, 0) is 6.54 Å². The highest BCUT2D eigenvalue weighted by Gasteiger charge is 2.25. The smallest absolute Gasteiger partial charge is 0.254 e. The first kappa shape index (κ1) is 17.8. The van der Waals surface area contributed by atoms with Gasteiger partial charge in [-0.3, -0.25) is 4.68 Å². The maximum absolute atomic E-state index is 9.26. The van der Waals surface area contributed by atoms with Gasteiger partial charge in [0.2, 0.25) is 0 Å². The van der Waals surface area contributed by atoms with E-state index in [2.05, 4.69) is 49.3 Å². The van der Waals surface area contributed by atoms with Gasteiger partial charge in [-0.2, -0.15) is 19.7 Å². The topological polar surface area (TPSA) is 84.4 Å². The molecule has 3 aromatic heterocycles. The van der Waals surface area contributed by atoms with E-state index < -0.39 is 0 Å². The van der Waals surface area contributed by atoms with Crippen molar-refractivity contribution in [2.75, 3.05) is 24.6 Å². The Balaban J connectivity index is 1.42. The van der Waals surface area contributed by atoms with Crippen molar-refractivity contribution in [3.05, 3.63) is 60.7 Å². The number of anilines is 1. The van der Waals surface area contributed by atoms with Crippen molar-refractivity contribution in [3.8, 4) is 11.3 Å². The Hall–Kier alpha value is -3.26. The molecule has 0 unspecified atom stereocenters. The first-order chi connectivity index (χ1) is 14.3. The second kappa shape index (κ2) is 7.63. The van der Waals surface area contributed by atoms with Crippen LogP contribution in [0.2, 0.25) is 0 Å². The summed E-state index contributed by atoms with van der Waals surface area (Å²) in [5, 5.41) is 18.0. The van der Waals surface area contributed by atoms with Gasteiger partial charge < -0.3 is 10.0 Å². The summed E-state index contributed by atoms with van der Waals surface area (Å²) in [5.74, 6) is 2.08. The lowest BCUT2D eigenvalue weighted by atomic mass is 9.93. The number of hydrogen-bond acceptors (Lipinski definition) is 6. The zero-order chi connectivity index (χ0) is 19.6. The van der Waals surface area contributed by atoms with E-state index in [4.69, 9.17) is 0 Å². The molecule has 8 heteroatoms. The number of rotatable bonds is 5. The number of fused-ring (bicyclic) bond motifs is 1. The third-order valence-corrected chi connectivity index (χ3v) is 5.60. The predicted octanol–water partition coefficient (Wildman–Crippen LogP) is 2.36. The Morgan fingerprint density at radius 1 is 1.03 bits per heavy atom. The van der Waals surface area contributed by atoms with Crippen molar-refractivity contribution >= 4 is 11.6 Å². The van der Waals surface area contributed by atoms with Gasteiger partial charge in [0.25, 0.3) is 5.78 Å². The minimum absolute atomic E-state index is 0.108. The molecule has 0 bridgehead atoms. The van der Waals surface area contributed by atoms with E-state index in [-0.39, 0.29) is 6.61 Å². The zero-order valence-corrected chi connectivity index (χ0v) is 16.1. The number of aliphatic hydroxyl groups excluding tert-OH is 1. The van der Waals surface area contributed by atoms with E-state index in [1.54, 1.807) is 6.33 Å². The first-order valence-corrected chi connectivity index (χ1v) is 9.97. The lowest BCUT2D eigenvalue weighted by Gasteiger charge is -2.33. The van der Waals surface area contributed by atoms with E-state index in [0.717, 1.165) is 43.0 Å². The maximum atomic E-state index is 9.26. The minimum Gasteiger partial charge on any atom is -0.394 e. The van der Waals surface area contributed by atoms with E-state index in [0.29, 0.717) is 18.2 Å². The van der Waals surface area contributed by atoms with Gasteiger partial charge in [-0.25, -0.2) is 4.98 Å². The molecule has 5 rings (SSSR count). The fraction of sp³-hybridized carbons (Fsp3) is 0.333. The van der Waals surface area contributed by atoms with Gasteiger partial charge in [-0.05, 0) is 18.9 Å². The molecule has 29 heavy (non-hydrogen) atoms. The largest absolute Gasteiger partial charge is 0.394 e. The summed E-state index contributed by atoms with van der Waals surface area (Å²) in [6.45, 7) is 2.49. The van der Waals surface area contributed by atoms with Crippen molar-refractivity contribution in [3.63, 3.8) is 0 Å². The summed E-state index contributed by atoms with van der Waals surface area (Å²) in [6, 6.07) is 14.4. The van der Waals surface area contributed by atoms with Crippen LogP contribution in [0.5, 0.6) is 0 Å². The molecule has 0 saturated carbocycles. The van der Waals surface area contributed by atoms with Crippen LogP contribution in [0.1, 0.15) is 24.5 Å². The molecule has 8 nitrogen and oxygen atoms in total. The van der Waals surface area contributed by atoms with Gasteiger partial charge in [0, 0.05) is 42.5 Å². The van der Waals surface area contributed by atoms with Crippen LogP contribution in [0.25, 0.3) is 17.0 Å². The summed E-state index contributed by atoms with van der Waals surface area (Å²) in [7, 11) is 0. The Kier molecular flexibility index (Phi) is 4.69. The summed E-state index contributed by atoms with van der Waals surface area (Å²) in [4.78, 5) is 11.4. The molecule has 1 aliphatic heterocycles. The van der Waals surface area contributed by atoms with E-state index in [1.165, 1.54) is 5.69 Å². The molecule has 1 aromatic carbocycles. The fourth-order valence-electron chi connectivity index (χ4n) is 4.15. The van der Waals surface area contributed by atoms with Crippen molar-refractivity contribution in [2.45, 2.75) is 25.3 Å². The van der Waals surface area contributed by atoms with Crippen LogP contribution in [0.15, 0.2) is 55.0 Å². The number of aromatic nitrogens is 6. The molecule has 1 aliphatic rings. The highest BCUT2D eigenvalue weighted by molar-refractivity contribution is 5.65. The molecule has 1 saturated heterocycles. The van der Waals surface area contributed by atoms with Gasteiger partial charge in [-0.15, -0.1) is 0 Å². The third-order valence-electron chi connectivity index (χ3n) is 5.60. The van der Waals surface area contributed by atoms with Crippen LogP contribution in [0.4, 0.5) is 5.82 Å². The van der Waals surface area contributed by atoms with Crippen LogP contribution >= 0.6 is 0 Å². The molecular formula is C21H23N7O. The Morgan fingerprint density at radius 3 is 2.66 bits per heavy atom. The lowest BCUT2D eigenvalue weighted by molar-refractivity contribution is 0.265. The zero-order valence-electron chi connectivity index (χ0n) is 16.1. The quantitative estimate of drug-likeness (QED) is 0.564. The monoisotopic (exact) mass is 389 g/mol. The summed E-state index contributed by atoms with van der Waals surface area (Å²) < 4.78 is 3.75. The van der Waals surface area contributed by atoms with Gasteiger partial charge in [0.1, 0.15) is 12.1 Å². The molecule has 0 radical (unpaired) electrons. The number of piperidine rings is 1. The number of aliphatic hydroxyl groups is 1. The van der Waals surface area contributed by atoms with Crippen molar-refractivity contribution in [1.29, 1.82) is 0 Å². The predicted molar refractivity (Wildman–Crippen MR) is 110 cm³/mol. The molecule has 148 valence electrons. The van der Waals surface area contributed by atoms with E-state index >= 15 is 0 Å². The maximum Gasteiger partial charge on any atom is 0.254 e. The fourth-order valence-corrected chi connectivity index (χ4v) is 4.15. The number of nitrogens with zero attached hydrogens (tertiary/aromatic N) is 7. The molecule has 0 atom stereocenters. The average molecular weight is 389 g/mol. The Bertz CT molecular complexity index is 1100. The average Bonchev–Trinajstić information content (AvgIpc) is 3.43. The van der Waals surface area contributed by atoms with Crippen LogP contribution in [0.3, 0.4) is 0 Å². The molecule has 1 fully saturated rings. The van der Waals surface area contributed by atoms with Crippen molar-refractivity contribution in [1.82, 2.24) is 29.4 Å². The molecule has 4 heterocycles. The van der Waals surface area contributed by atoms with Crippen LogP contribution in [-0.4, -0.2) is 54.2 Å². The highest BCUT2D eigenvalue weighted by Crippen LogP contribution is 2.31. The number of hydrogen-bond donors (Lipinski definition) is 1. The Morgan fingerprint density at radius 2 is 1.86 bits per heavy atom. The van der Waals surface area contributed by atoms with Gasteiger partial charge in [0.15, 0.2) is 0 Å². The molecule has 4 aromatic rings. The summed E-state index contributed by atoms with van der Waals surface area (Å²) in [5.41, 5.74) is 3.19. The number of benzene rings is 1. The second-order valence-corrected chi connectivity index (χ2v) is 7.30. The van der Waals surface area contributed by atoms with Crippen molar-refractivity contribution in [2.24, 2.45) is 0 Å². The summed E-state index contributed by atoms with van der Waals surface area (Å²) >= 11 is 0. The second-order valence-electron chi connectivity index (χ2n) is 7.30. The van der Waals surface area contributed by atoms with E-state index in [1.807, 2.05) is 33.6 Å². The van der Waals surface area contributed by atoms with Crippen molar-refractivity contribution < 1.29 is 5.11 Å². The molecular weight excluding hydrogens is 366 g/mol. The highest BCUT2D eigenvalue weighted by atomic mass is 16.3. The Labute approximate surface area is 168 Å². The van der Waals surface area contributed by atoms with Gasteiger partial charge in [-0.1, -0.05) is 30.3 Å². The third kappa shape index (κ3) is 3.36. The van der Waals surface area contributed by atoms with Crippen LogP contribution in [0, 0.1) is 0 Å². The normalized spacial score (nSPS) is 15.3. The minimum atomic E-state index is 0.108. The molecule has 0 aliphatic carbocycles. The van der Waals surface area contributed by atoms with Crippen LogP contribution < -0.4 is 4.90 Å². The molecule has 0 amide bonds. The SMILES string of the molecule is OCCn1nccc1C1CCN(c2cc(-c3ccccc3)nc3ncnn23)CC1. The first-order valence-electron chi connectivity index (χ1n) is 9.97. The van der Waals surface area contributed by atoms with Gasteiger partial charge >= 0.3 is 0 Å².